The second-order valence-corrected chi connectivity index (χ2v) is 4.35. The first kappa shape index (κ1) is 13.6. The summed E-state index contributed by atoms with van der Waals surface area (Å²) in [6, 6.07) is 7.55. The lowest BCUT2D eigenvalue weighted by atomic mass is 10.0. The van der Waals surface area contributed by atoms with Crippen LogP contribution in [0.3, 0.4) is 0 Å². The number of Topliss-reactive ketones (excluding diaryl/α,β-unsaturated/α-hetero) is 1. The Balaban J connectivity index is 2.46. The van der Waals surface area contributed by atoms with E-state index in [4.69, 9.17) is 17.0 Å². The fourth-order valence-electron chi connectivity index (χ4n) is 1.38. The first-order valence-electron chi connectivity index (χ1n) is 5.45. The van der Waals surface area contributed by atoms with Crippen molar-refractivity contribution < 1.29 is 9.53 Å². The molecular weight excluding hydrogens is 234 g/mol. The van der Waals surface area contributed by atoms with E-state index in [1.165, 1.54) is 0 Å². The summed E-state index contributed by atoms with van der Waals surface area (Å²) in [5.41, 5.74) is 1.75. The summed E-state index contributed by atoms with van der Waals surface area (Å²) >= 11 is 4.96. The molecule has 0 aliphatic carbocycles. The molecule has 0 aliphatic heterocycles. The number of benzene rings is 1. The van der Waals surface area contributed by atoms with Crippen LogP contribution < -0.4 is 0 Å². The smallest absolute Gasteiger partial charge is 0.258 e. The Morgan fingerprint density at radius 1 is 1.35 bits per heavy atom. The van der Waals surface area contributed by atoms with Crippen LogP contribution in [0.15, 0.2) is 24.3 Å². The van der Waals surface area contributed by atoms with Crippen LogP contribution in [-0.2, 0) is 4.74 Å². The minimum atomic E-state index is 0.0876. The van der Waals surface area contributed by atoms with Crippen molar-refractivity contribution in [1.29, 1.82) is 0 Å². The third-order valence-electron chi connectivity index (χ3n) is 2.37. The molecule has 0 fully saturated rings. The molecule has 92 valence electrons. The molecule has 0 saturated heterocycles. The Morgan fingerprint density at radius 2 is 2.00 bits per heavy atom. The van der Waals surface area contributed by atoms with E-state index in [0.29, 0.717) is 18.2 Å². The summed E-state index contributed by atoms with van der Waals surface area (Å²) in [7, 11) is 3.62. The molecule has 0 amide bonds. The minimum absolute atomic E-state index is 0.0876. The fraction of sp³-hybridized carbons (Fsp3) is 0.385. The van der Waals surface area contributed by atoms with Crippen molar-refractivity contribution in [2.24, 2.45) is 0 Å². The molecule has 0 atom stereocenters. The van der Waals surface area contributed by atoms with Gasteiger partial charge in [-0.25, -0.2) is 0 Å². The molecule has 0 radical (unpaired) electrons. The van der Waals surface area contributed by atoms with Gasteiger partial charge in [0.15, 0.2) is 5.78 Å². The van der Waals surface area contributed by atoms with Gasteiger partial charge < -0.3 is 9.64 Å². The lowest BCUT2D eigenvalue weighted by molar-refractivity contribution is 0.0956. The summed E-state index contributed by atoms with van der Waals surface area (Å²) in [4.78, 5) is 13.6. The van der Waals surface area contributed by atoms with Gasteiger partial charge in [-0.05, 0) is 24.7 Å². The molecule has 0 heterocycles. The van der Waals surface area contributed by atoms with Crippen LogP contribution in [-0.4, -0.2) is 36.6 Å². The van der Waals surface area contributed by atoms with Gasteiger partial charge in [0, 0.05) is 26.1 Å². The molecule has 0 bridgehead atoms. The van der Waals surface area contributed by atoms with E-state index in [9.17, 15) is 4.79 Å². The molecule has 3 nitrogen and oxygen atoms in total. The van der Waals surface area contributed by atoms with Crippen LogP contribution in [0.4, 0.5) is 0 Å². The zero-order chi connectivity index (χ0) is 12.8. The third kappa shape index (κ3) is 4.15. The Hall–Kier alpha value is -1.42. The van der Waals surface area contributed by atoms with Crippen molar-refractivity contribution in [1.82, 2.24) is 4.90 Å². The predicted octanol–water partition coefficient (Wildman–Crippen LogP) is 2.43. The van der Waals surface area contributed by atoms with Gasteiger partial charge in [0.1, 0.15) is 0 Å². The summed E-state index contributed by atoms with van der Waals surface area (Å²) in [6.45, 7) is 2.25. The van der Waals surface area contributed by atoms with Gasteiger partial charge in [-0.1, -0.05) is 24.3 Å². The molecule has 0 saturated carbocycles. The number of nitrogens with zero attached hydrogens (tertiary/aromatic N) is 1. The maximum atomic E-state index is 11.9. The monoisotopic (exact) mass is 251 g/mol. The van der Waals surface area contributed by atoms with Crippen molar-refractivity contribution >= 4 is 23.2 Å². The van der Waals surface area contributed by atoms with E-state index >= 15 is 0 Å². The highest BCUT2D eigenvalue weighted by atomic mass is 32.1. The SMILES string of the molecule is Cc1ccccc1C(=O)CCOC(=S)N(C)C. The summed E-state index contributed by atoms with van der Waals surface area (Å²) in [6.07, 6.45) is 0.346. The van der Waals surface area contributed by atoms with Crippen LogP contribution in [0, 0.1) is 6.92 Å². The zero-order valence-corrected chi connectivity index (χ0v) is 11.2. The molecule has 1 aromatic rings. The number of carbonyl (C=O) groups is 1. The van der Waals surface area contributed by atoms with Crippen LogP contribution in [0.2, 0.25) is 0 Å². The fourth-order valence-corrected chi connectivity index (χ4v) is 1.46. The van der Waals surface area contributed by atoms with Crippen molar-refractivity contribution in [3.63, 3.8) is 0 Å². The summed E-state index contributed by atoms with van der Waals surface area (Å²) in [5, 5.41) is 0.405. The van der Waals surface area contributed by atoms with Crippen LogP contribution >= 0.6 is 12.2 Å². The lowest BCUT2D eigenvalue weighted by Gasteiger charge is -2.14. The second-order valence-electron chi connectivity index (χ2n) is 4.00. The Morgan fingerprint density at radius 3 is 2.59 bits per heavy atom. The molecule has 0 N–H and O–H groups in total. The molecule has 0 aliphatic rings. The molecule has 1 rings (SSSR count). The van der Waals surface area contributed by atoms with Crippen molar-refractivity contribution in [2.45, 2.75) is 13.3 Å². The Bertz CT molecular complexity index is 416. The van der Waals surface area contributed by atoms with Crippen molar-refractivity contribution in [3.8, 4) is 0 Å². The predicted molar refractivity (Wildman–Crippen MR) is 72.4 cm³/mol. The van der Waals surface area contributed by atoms with E-state index in [1.807, 2.05) is 45.3 Å². The van der Waals surface area contributed by atoms with Gasteiger partial charge in [0.25, 0.3) is 5.17 Å². The van der Waals surface area contributed by atoms with Gasteiger partial charge in [0.05, 0.1) is 6.61 Å². The lowest BCUT2D eigenvalue weighted by Crippen LogP contribution is -2.23. The van der Waals surface area contributed by atoms with Gasteiger partial charge >= 0.3 is 0 Å². The zero-order valence-electron chi connectivity index (χ0n) is 10.4. The maximum absolute atomic E-state index is 11.9. The molecule has 0 spiro atoms. The highest BCUT2D eigenvalue weighted by Gasteiger charge is 2.09. The topological polar surface area (TPSA) is 29.5 Å². The van der Waals surface area contributed by atoms with E-state index in [0.717, 1.165) is 11.1 Å². The number of ketones is 1. The molecular formula is C13H17NO2S. The number of thiocarbonyl (C=S) groups is 1. The minimum Gasteiger partial charge on any atom is -0.470 e. The normalized spacial score (nSPS) is 9.82. The van der Waals surface area contributed by atoms with Crippen LogP contribution in [0.1, 0.15) is 22.3 Å². The summed E-state index contributed by atoms with van der Waals surface area (Å²) in [5.74, 6) is 0.0876. The van der Waals surface area contributed by atoms with E-state index in [2.05, 4.69) is 0 Å². The highest BCUT2D eigenvalue weighted by Crippen LogP contribution is 2.09. The number of rotatable bonds is 4. The molecule has 0 unspecified atom stereocenters. The van der Waals surface area contributed by atoms with Crippen molar-refractivity contribution in [3.05, 3.63) is 35.4 Å². The van der Waals surface area contributed by atoms with E-state index in [-0.39, 0.29) is 5.78 Å². The third-order valence-corrected chi connectivity index (χ3v) is 2.85. The molecule has 4 heteroatoms. The largest absolute Gasteiger partial charge is 0.470 e. The van der Waals surface area contributed by atoms with E-state index in [1.54, 1.807) is 4.90 Å². The van der Waals surface area contributed by atoms with Crippen LogP contribution in [0.25, 0.3) is 0 Å². The highest BCUT2D eigenvalue weighted by molar-refractivity contribution is 7.80. The van der Waals surface area contributed by atoms with Gasteiger partial charge in [-0.15, -0.1) is 0 Å². The quantitative estimate of drug-likeness (QED) is 0.607. The van der Waals surface area contributed by atoms with Gasteiger partial charge in [-0.2, -0.15) is 0 Å². The maximum Gasteiger partial charge on any atom is 0.258 e. The average Bonchev–Trinajstić information content (AvgIpc) is 2.29. The van der Waals surface area contributed by atoms with E-state index < -0.39 is 0 Å². The second kappa shape index (κ2) is 6.35. The van der Waals surface area contributed by atoms with Crippen molar-refractivity contribution in [2.75, 3.05) is 20.7 Å². The first-order chi connectivity index (χ1) is 8.02. The summed E-state index contributed by atoms with van der Waals surface area (Å²) < 4.78 is 5.27. The molecule has 1 aromatic carbocycles. The number of hydrogen-bond acceptors (Lipinski definition) is 3. The standard InChI is InChI=1S/C13H17NO2S/c1-10-6-4-5-7-11(10)12(15)8-9-16-13(17)14(2)3/h4-7H,8-9H2,1-3H3. The molecule has 17 heavy (non-hydrogen) atoms. The number of hydrogen-bond donors (Lipinski definition) is 0. The first-order valence-corrected chi connectivity index (χ1v) is 5.86. The van der Waals surface area contributed by atoms with Gasteiger partial charge in [-0.3, -0.25) is 4.79 Å². The Kier molecular flexibility index (Phi) is 5.10. The number of aryl methyl sites for hydroxylation is 1. The number of carbonyl (C=O) groups excluding carboxylic acids is 1. The molecule has 0 aromatic heterocycles. The van der Waals surface area contributed by atoms with Crippen LogP contribution in [0.5, 0.6) is 0 Å². The average molecular weight is 251 g/mol. The van der Waals surface area contributed by atoms with Gasteiger partial charge in [0.2, 0.25) is 0 Å². The Labute approximate surface area is 107 Å². The number of ether oxygens (including phenoxy) is 1.